The van der Waals surface area contributed by atoms with Gasteiger partial charge in [-0.2, -0.15) is 0 Å². The molecule has 1 radical (unpaired) electrons. The third-order valence-electron chi connectivity index (χ3n) is 6.76. The van der Waals surface area contributed by atoms with Crippen molar-refractivity contribution in [1.82, 2.24) is 26.1 Å². The van der Waals surface area contributed by atoms with Gasteiger partial charge >= 0.3 is 0 Å². The Balaban J connectivity index is 1.19. The lowest BCUT2D eigenvalue weighted by molar-refractivity contribution is 0.0641. The molecular weight excluding hydrogens is 542 g/mol. The second-order valence-corrected chi connectivity index (χ2v) is 10.6. The van der Waals surface area contributed by atoms with Gasteiger partial charge in [0.15, 0.2) is 5.11 Å². The number of thiophene rings is 1. The molecule has 1 aliphatic heterocycles. The molecule has 0 spiro atoms. The van der Waals surface area contributed by atoms with Gasteiger partial charge in [0.25, 0.3) is 17.7 Å². The van der Waals surface area contributed by atoms with Gasteiger partial charge in [-0.1, -0.05) is 42.5 Å². The number of carbonyl (C=O) groups excluding carboxylic acids is 3. The number of benzene rings is 3. The Kier molecular flexibility index (Phi) is 6.93. The van der Waals surface area contributed by atoms with Crippen molar-refractivity contribution in [1.29, 1.82) is 0 Å². The van der Waals surface area contributed by atoms with E-state index in [2.05, 4.69) is 38.7 Å². The van der Waals surface area contributed by atoms with Gasteiger partial charge in [-0.05, 0) is 76.8 Å². The molecule has 3 aromatic carbocycles. The first-order valence-electron chi connectivity index (χ1n) is 12.5. The zero-order valence-corrected chi connectivity index (χ0v) is 22.6. The number of thiocarbonyl (C=S) groups is 1. The molecule has 0 saturated heterocycles. The SMILES string of the molecule is O=C(NNC(=S)N[C@@H](Cc1csc2ccccc12)CN1C(=O)c2ccccc2C1=O)c1nccc2c[c]ccc12. The summed E-state index contributed by atoms with van der Waals surface area (Å²) in [6, 6.07) is 24.5. The third-order valence-corrected chi connectivity index (χ3v) is 7.99. The van der Waals surface area contributed by atoms with Crippen molar-refractivity contribution in [3.05, 3.63) is 113 Å². The predicted molar refractivity (Wildman–Crippen MR) is 158 cm³/mol. The summed E-state index contributed by atoms with van der Waals surface area (Å²) in [6.45, 7) is 0.0909. The van der Waals surface area contributed by atoms with Crippen molar-refractivity contribution in [2.75, 3.05) is 6.54 Å². The Hall–Kier alpha value is -4.67. The van der Waals surface area contributed by atoms with Gasteiger partial charge in [-0.25, -0.2) is 0 Å². The van der Waals surface area contributed by atoms with Crippen LogP contribution >= 0.6 is 23.6 Å². The van der Waals surface area contributed by atoms with Crippen molar-refractivity contribution in [3.63, 3.8) is 0 Å². The fourth-order valence-corrected chi connectivity index (χ4v) is 6.07. The van der Waals surface area contributed by atoms with Crippen LogP contribution in [0.25, 0.3) is 20.9 Å². The van der Waals surface area contributed by atoms with E-state index in [-0.39, 0.29) is 29.2 Å². The lowest BCUT2D eigenvalue weighted by Crippen LogP contribution is -2.53. The van der Waals surface area contributed by atoms with Crippen LogP contribution in [0.4, 0.5) is 0 Å². The number of rotatable bonds is 6. The van der Waals surface area contributed by atoms with Gasteiger partial charge in [-0.15, -0.1) is 11.3 Å². The molecule has 0 fully saturated rings. The summed E-state index contributed by atoms with van der Waals surface area (Å²) < 4.78 is 1.14. The topological polar surface area (TPSA) is 103 Å². The van der Waals surface area contributed by atoms with Gasteiger partial charge in [-0.3, -0.25) is 35.1 Å². The smallest absolute Gasteiger partial charge is 0.288 e. The summed E-state index contributed by atoms with van der Waals surface area (Å²) in [5.41, 5.74) is 7.43. The summed E-state index contributed by atoms with van der Waals surface area (Å²) in [5, 5.41) is 8.04. The molecule has 10 heteroatoms. The molecule has 3 heterocycles. The van der Waals surface area contributed by atoms with Crippen LogP contribution in [-0.4, -0.2) is 45.3 Å². The number of nitrogens with one attached hydrogen (secondary N) is 3. The zero-order valence-electron chi connectivity index (χ0n) is 21.0. The molecule has 0 aliphatic carbocycles. The molecule has 197 valence electrons. The first kappa shape index (κ1) is 25.6. The summed E-state index contributed by atoms with van der Waals surface area (Å²) in [4.78, 5) is 44.6. The Morgan fingerprint density at radius 3 is 2.52 bits per heavy atom. The number of imide groups is 1. The Morgan fingerprint density at radius 2 is 1.73 bits per heavy atom. The molecule has 1 atom stereocenters. The number of hydrogen-bond acceptors (Lipinski definition) is 6. The molecule has 3 amide bonds. The first-order chi connectivity index (χ1) is 19.5. The molecule has 0 unspecified atom stereocenters. The maximum Gasteiger partial charge on any atom is 0.288 e. The van der Waals surface area contributed by atoms with Crippen LogP contribution in [0.1, 0.15) is 36.8 Å². The average Bonchev–Trinajstić information content (AvgIpc) is 3.50. The van der Waals surface area contributed by atoms with E-state index in [0.717, 1.165) is 21.0 Å². The number of hydrazine groups is 1. The summed E-state index contributed by atoms with van der Waals surface area (Å²) in [5.74, 6) is -1.13. The van der Waals surface area contributed by atoms with Crippen LogP contribution in [0.3, 0.4) is 0 Å². The van der Waals surface area contributed by atoms with Crippen molar-refractivity contribution in [3.8, 4) is 0 Å². The minimum absolute atomic E-state index is 0.0909. The molecule has 0 saturated carbocycles. The summed E-state index contributed by atoms with van der Waals surface area (Å²) in [6.07, 6.45) is 2.06. The second kappa shape index (κ2) is 10.8. The van der Waals surface area contributed by atoms with Crippen LogP contribution in [0, 0.1) is 6.07 Å². The number of carbonyl (C=O) groups is 3. The van der Waals surface area contributed by atoms with Crippen LogP contribution < -0.4 is 16.2 Å². The predicted octanol–water partition coefficient (Wildman–Crippen LogP) is 4.27. The highest BCUT2D eigenvalue weighted by Crippen LogP contribution is 2.28. The fourth-order valence-electron chi connectivity index (χ4n) is 4.88. The number of hydrogen-bond donors (Lipinski definition) is 3. The van der Waals surface area contributed by atoms with Crippen molar-refractivity contribution in [2.24, 2.45) is 0 Å². The monoisotopic (exact) mass is 564 g/mol. The highest BCUT2D eigenvalue weighted by molar-refractivity contribution is 7.80. The molecule has 6 rings (SSSR count). The van der Waals surface area contributed by atoms with Crippen LogP contribution in [0.2, 0.25) is 0 Å². The van der Waals surface area contributed by atoms with Crippen molar-refractivity contribution >= 4 is 67.2 Å². The molecule has 8 nitrogen and oxygen atoms in total. The summed E-state index contributed by atoms with van der Waals surface area (Å²) >= 11 is 7.14. The van der Waals surface area contributed by atoms with E-state index < -0.39 is 11.9 Å². The average molecular weight is 565 g/mol. The van der Waals surface area contributed by atoms with E-state index in [1.54, 1.807) is 66.1 Å². The van der Waals surface area contributed by atoms with E-state index in [0.29, 0.717) is 22.9 Å². The van der Waals surface area contributed by atoms with E-state index in [1.165, 1.54) is 4.90 Å². The normalized spacial score (nSPS) is 13.3. The zero-order chi connectivity index (χ0) is 27.6. The maximum absolute atomic E-state index is 13.1. The van der Waals surface area contributed by atoms with Gasteiger partial charge in [0.2, 0.25) is 0 Å². The molecule has 40 heavy (non-hydrogen) atoms. The van der Waals surface area contributed by atoms with Gasteiger partial charge in [0.1, 0.15) is 5.69 Å². The molecule has 0 bridgehead atoms. The van der Waals surface area contributed by atoms with Crippen LogP contribution in [0.15, 0.2) is 84.4 Å². The highest BCUT2D eigenvalue weighted by atomic mass is 32.1. The van der Waals surface area contributed by atoms with Crippen LogP contribution in [-0.2, 0) is 6.42 Å². The third kappa shape index (κ3) is 4.90. The van der Waals surface area contributed by atoms with E-state index in [9.17, 15) is 14.4 Å². The minimum atomic E-state index is -0.457. The first-order valence-corrected chi connectivity index (χ1v) is 13.8. The highest BCUT2D eigenvalue weighted by Gasteiger charge is 2.36. The summed E-state index contributed by atoms with van der Waals surface area (Å²) in [7, 11) is 0. The minimum Gasteiger partial charge on any atom is -0.356 e. The quantitative estimate of drug-likeness (QED) is 0.161. The van der Waals surface area contributed by atoms with Gasteiger partial charge in [0.05, 0.1) is 17.2 Å². The molecule has 1 aliphatic rings. The van der Waals surface area contributed by atoms with Gasteiger partial charge in [0, 0.05) is 22.8 Å². The van der Waals surface area contributed by atoms with E-state index >= 15 is 0 Å². The lowest BCUT2D eigenvalue weighted by atomic mass is 10.0. The van der Waals surface area contributed by atoms with E-state index in [4.69, 9.17) is 12.2 Å². The fraction of sp³-hybridized carbons (Fsp3) is 0.100. The van der Waals surface area contributed by atoms with E-state index in [1.807, 2.05) is 18.2 Å². The van der Waals surface area contributed by atoms with Gasteiger partial charge < -0.3 is 5.32 Å². The maximum atomic E-state index is 13.1. The molecule has 2 aromatic heterocycles. The van der Waals surface area contributed by atoms with Crippen LogP contribution in [0.5, 0.6) is 0 Å². The molecular formula is C30H22N5O3S2. The Bertz CT molecular complexity index is 1760. The number of amides is 3. The number of nitrogens with zero attached hydrogens (tertiary/aromatic N) is 2. The Labute approximate surface area is 239 Å². The largest absolute Gasteiger partial charge is 0.356 e. The van der Waals surface area contributed by atoms with Crippen molar-refractivity contribution in [2.45, 2.75) is 12.5 Å². The second-order valence-electron chi connectivity index (χ2n) is 9.28. The van der Waals surface area contributed by atoms with Crippen molar-refractivity contribution < 1.29 is 14.4 Å². The number of fused-ring (bicyclic) bond motifs is 3. The lowest BCUT2D eigenvalue weighted by Gasteiger charge is -2.25. The molecule has 3 N–H and O–H groups in total. The Morgan fingerprint density at radius 1 is 0.975 bits per heavy atom. The number of aromatic nitrogens is 1. The molecule has 5 aromatic rings. The standard InChI is InChI=1S/C30H22N5O3S2/c36-27(26-22-9-2-1-7-18(22)13-14-31-26)33-34-30(39)32-20(15-19-17-40-25-12-6-5-8-21(19)25)16-35-28(37)23-10-3-4-11-24(23)29(35)38/h2-14,17,20H,15-16H2,(H,33,36)(H2,32,34,39)/t20-/m0/s1. The number of pyridine rings is 1.